The van der Waals surface area contributed by atoms with Crippen LogP contribution in [-0.2, 0) is 13.0 Å². The number of methoxy groups -OCH3 is 1. The lowest BCUT2D eigenvalue weighted by Gasteiger charge is -2.29. The fraction of sp³-hybridized carbons (Fsp3) is 0.182. The number of H-pyrrole nitrogens is 1. The zero-order valence-corrected chi connectivity index (χ0v) is 15.1. The second-order valence-corrected chi connectivity index (χ2v) is 6.79. The molecule has 1 N–H and O–H groups in total. The Kier molecular flexibility index (Phi) is 3.78. The average molecular weight is 356 g/mol. The molecule has 2 aromatic heterocycles. The Bertz CT molecular complexity index is 1120. The smallest absolute Gasteiger partial charge is 0.157 e. The highest BCUT2D eigenvalue weighted by Gasteiger charge is 2.18. The van der Waals surface area contributed by atoms with Crippen molar-refractivity contribution in [2.75, 3.05) is 18.6 Å². The van der Waals surface area contributed by atoms with Gasteiger partial charge in [-0.3, -0.25) is 0 Å². The van der Waals surface area contributed by atoms with Crippen LogP contribution in [0.1, 0.15) is 11.1 Å². The van der Waals surface area contributed by atoms with E-state index in [1.165, 1.54) is 11.1 Å². The van der Waals surface area contributed by atoms with Gasteiger partial charge in [0, 0.05) is 19.2 Å². The van der Waals surface area contributed by atoms with Crippen LogP contribution < -0.4 is 9.64 Å². The molecule has 0 unspecified atom stereocenters. The second kappa shape index (κ2) is 6.43. The summed E-state index contributed by atoms with van der Waals surface area (Å²) in [5, 5.41) is 0. The van der Waals surface area contributed by atoms with Crippen LogP contribution in [0.3, 0.4) is 0 Å². The highest BCUT2D eigenvalue weighted by molar-refractivity contribution is 5.80. The van der Waals surface area contributed by atoms with E-state index in [0.29, 0.717) is 0 Å². The van der Waals surface area contributed by atoms with Gasteiger partial charge in [-0.15, -0.1) is 0 Å². The number of aromatic amines is 1. The lowest BCUT2D eigenvalue weighted by Crippen LogP contribution is -2.30. The molecule has 0 fully saturated rings. The van der Waals surface area contributed by atoms with E-state index in [0.717, 1.165) is 53.6 Å². The predicted molar refractivity (Wildman–Crippen MR) is 107 cm³/mol. The van der Waals surface area contributed by atoms with Crippen LogP contribution in [0.25, 0.3) is 22.6 Å². The molecule has 1 aliphatic heterocycles. The largest absolute Gasteiger partial charge is 0.497 e. The summed E-state index contributed by atoms with van der Waals surface area (Å²) in [4.78, 5) is 15.3. The molecule has 5 rings (SSSR count). The fourth-order valence-electron chi connectivity index (χ4n) is 3.66. The van der Waals surface area contributed by atoms with Gasteiger partial charge in [0.15, 0.2) is 5.82 Å². The third-order valence-electron chi connectivity index (χ3n) is 5.12. The molecule has 0 bridgehead atoms. The Labute approximate surface area is 157 Å². The van der Waals surface area contributed by atoms with Crippen molar-refractivity contribution in [1.82, 2.24) is 15.0 Å². The predicted octanol–water partition coefficient (Wildman–Crippen LogP) is 4.20. The van der Waals surface area contributed by atoms with Crippen LogP contribution in [0.15, 0.2) is 60.7 Å². The van der Waals surface area contributed by atoms with Crippen molar-refractivity contribution >= 4 is 16.9 Å². The number of nitrogens with zero attached hydrogens (tertiary/aromatic N) is 3. The number of imidazole rings is 1. The standard InChI is InChI=1S/C22H20N4O/c1-27-17-9-10-18-20(13-17)25-22(24-18)19-7-4-8-21(23-19)26-12-11-15-5-2-3-6-16(15)14-26/h2-10,13H,11-12,14H2,1H3,(H,24,25). The van der Waals surface area contributed by atoms with Gasteiger partial charge in [-0.2, -0.15) is 0 Å². The summed E-state index contributed by atoms with van der Waals surface area (Å²) in [6.45, 7) is 1.87. The molecule has 0 amide bonds. The van der Waals surface area contributed by atoms with E-state index in [-0.39, 0.29) is 0 Å². The maximum atomic E-state index is 5.29. The van der Waals surface area contributed by atoms with Crippen molar-refractivity contribution in [3.8, 4) is 17.3 Å². The number of ether oxygens (including phenoxy) is 1. The van der Waals surface area contributed by atoms with E-state index in [9.17, 15) is 0 Å². The van der Waals surface area contributed by atoms with Crippen LogP contribution in [0.4, 0.5) is 5.82 Å². The molecule has 5 nitrogen and oxygen atoms in total. The van der Waals surface area contributed by atoms with Crippen molar-refractivity contribution < 1.29 is 4.74 Å². The maximum absolute atomic E-state index is 5.29. The third-order valence-corrected chi connectivity index (χ3v) is 5.12. The van der Waals surface area contributed by atoms with Gasteiger partial charge in [-0.05, 0) is 41.8 Å². The molecule has 0 saturated carbocycles. The monoisotopic (exact) mass is 356 g/mol. The molecule has 0 aliphatic carbocycles. The zero-order valence-electron chi connectivity index (χ0n) is 15.1. The molecule has 5 heteroatoms. The van der Waals surface area contributed by atoms with Gasteiger partial charge in [0.2, 0.25) is 0 Å². The van der Waals surface area contributed by atoms with Crippen LogP contribution >= 0.6 is 0 Å². The van der Waals surface area contributed by atoms with E-state index in [4.69, 9.17) is 9.72 Å². The number of fused-ring (bicyclic) bond motifs is 2. The molecule has 134 valence electrons. The van der Waals surface area contributed by atoms with Crippen LogP contribution in [-0.4, -0.2) is 28.6 Å². The van der Waals surface area contributed by atoms with Crippen molar-refractivity contribution in [3.05, 3.63) is 71.8 Å². The van der Waals surface area contributed by atoms with Gasteiger partial charge in [0.1, 0.15) is 17.3 Å². The third kappa shape index (κ3) is 2.91. The molecule has 4 aromatic rings. The first-order chi connectivity index (χ1) is 13.3. The van der Waals surface area contributed by atoms with Gasteiger partial charge in [0.05, 0.1) is 18.1 Å². The number of pyridine rings is 1. The van der Waals surface area contributed by atoms with Gasteiger partial charge in [-0.1, -0.05) is 30.3 Å². The molecule has 1 aliphatic rings. The molecule has 0 saturated heterocycles. The quantitative estimate of drug-likeness (QED) is 0.598. The lowest BCUT2D eigenvalue weighted by molar-refractivity contribution is 0.415. The topological polar surface area (TPSA) is 54.0 Å². The Hall–Kier alpha value is -3.34. The van der Waals surface area contributed by atoms with Crippen molar-refractivity contribution in [1.29, 1.82) is 0 Å². The number of hydrogen-bond acceptors (Lipinski definition) is 4. The van der Waals surface area contributed by atoms with Gasteiger partial charge >= 0.3 is 0 Å². The van der Waals surface area contributed by atoms with Crippen LogP contribution in [0, 0.1) is 0 Å². The van der Waals surface area contributed by atoms with E-state index < -0.39 is 0 Å². The van der Waals surface area contributed by atoms with Crippen molar-refractivity contribution in [3.63, 3.8) is 0 Å². The highest BCUT2D eigenvalue weighted by Crippen LogP contribution is 2.26. The number of anilines is 1. The fourth-order valence-corrected chi connectivity index (χ4v) is 3.66. The summed E-state index contributed by atoms with van der Waals surface area (Å²) in [6.07, 6.45) is 1.05. The SMILES string of the molecule is COc1ccc2nc(-c3cccc(N4CCc5ccccc5C4)n3)[nH]c2c1. The zero-order chi connectivity index (χ0) is 18.2. The number of hydrogen-bond donors (Lipinski definition) is 1. The first-order valence-corrected chi connectivity index (χ1v) is 9.13. The lowest BCUT2D eigenvalue weighted by atomic mass is 10.00. The second-order valence-electron chi connectivity index (χ2n) is 6.79. The minimum absolute atomic E-state index is 0.775. The number of benzene rings is 2. The normalized spacial score (nSPS) is 13.6. The Morgan fingerprint density at radius 3 is 2.74 bits per heavy atom. The molecule has 0 spiro atoms. The number of rotatable bonds is 3. The summed E-state index contributed by atoms with van der Waals surface area (Å²) in [5.41, 5.74) is 5.53. The van der Waals surface area contributed by atoms with E-state index in [1.807, 2.05) is 30.3 Å². The molecular formula is C22H20N4O. The summed E-state index contributed by atoms with van der Waals surface area (Å²) in [5.74, 6) is 2.57. The minimum Gasteiger partial charge on any atom is -0.497 e. The molecule has 0 radical (unpaired) electrons. The number of aromatic nitrogens is 3. The van der Waals surface area contributed by atoms with Crippen molar-refractivity contribution in [2.24, 2.45) is 0 Å². The Morgan fingerprint density at radius 2 is 1.85 bits per heavy atom. The van der Waals surface area contributed by atoms with E-state index in [1.54, 1.807) is 7.11 Å². The van der Waals surface area contributed by atoms with E-state index >= 15 is 0 Å². The van der Waals surface area contributed by atoms with Crippen LogP contribution in [0.2, 0.25) is 0 Å². The minimum atomic E-state index is 0.775. The first kappa shape index (κ1) is 15.9. The Balaban J connectivity index is 1.47. The van der Waals surface area contributed by atoms with Gasteiger partial charge in [0.25, 0.3) is 0 Å². The van der Waals surface area contributed by atoms with Crippen molar-refractivity contribution in [2.45, 2.75) is 13.0 Å². The molecular weight excluding hydrogens is 336 g/mol. The first-order valence-electron chi connectivity index (χ1n) is 9.13. The summed E-state index contributed by atoms with van der Waals surface area (Å²) in [6, 6.07) is 20.6. The average Bonchev–Trinajstić information content (AvgIpc) is 3.17. The highest BCUT2D eigenvalue weighted by atomic mass is 16.5. The van der Waals surface area contributed by atoms with Crippen LogP contribution in [0.5, 0.6) is 5.75 Å². The molecule has 3 heterocycles. The van der Waals surface area contributed by atoms with Gasteiger partial charge in [-0.25, -0.2) is 9.97 Å². The maximum Gasteiger partial charge on any atom is 0.157 e. The van der Waals surface area contributed by atoms with Gasteiger partial charge < -0.3 is 14.6 Å². The summed E-state index contributed by atoms with van der Waals surface area (Å²) in [7, 11) is 1.67. The number of nitrogens with one attached hydrogen (secondary N) is 1. The van der Waals surface area contributed by atoms with E-state index in [2.05, 4.69) is 45.2 Å². The molecule has 2 aromatic carbocycles. The Morgan fingerprint density at radius 1 is 0.963 bits per heavy atom. The summed E-state index contributed by atoms with van der Waals surface area (Å²) >= 11 is 0. The molecule has 0 atom stereocenters. The molecule has 27 heavy (non-hydrogen) atoms. The summed E-state index contributed by atoms with van der Waals surface area (Å²) < 4.78 is 5.29.